The summed E-state index contributed by atoms with van der Waals surface area (Å²) in [5, 5.41) is 0. The smallest absolute Gasteiger partial charge is 0.136 e. The Labute approximate surface area is 97.8 Å². The van der Waals surface area contributed by atoms with Crippen LogP contribution in [0.3, 0.4) is 0 Å². The Hall–Kier alpha value is -0.660. The van der Waals surface area contributed by atoms with Crippen LogP contribution in [0.25, 0.3) is 0 Å². The summed E-state index contributed by atoms with van der Waals surface area (Å²) in [5.74, 6) is 1.63. The lowest BCUT2D eigenvalue weighted by molar-refractivity contribution is -0.125. The number of rotatable bonds is 1. The number of fused-ring (bicyclic) bond motifs is 1. The maximum Gasteiger partial charge on any atom is 0.136 e. The maximum atomic E-state index is 12.0. The van der Waals surface area contributed by atoms with Gasteiger partial charge in [0.2, 0.25) is 0 Å². The van der Waals surface area contributed by atoms with Crippen molar-refractivity contribution in [2.45, 2.75) is 52.9 Å². The Morgan fingerprint density at radius 3 is 2.62 bits per heavy atom. The highest BCUT2D eigenvalue weighted by Crippen LogP contribution is 2.53. The second-order valence-corrected chi connectivity index (χ2v) is 6.14. The zero-order valence-electron chi connectivity index (χ0n) is 10.6. The van der Waals surface area contributed by atoms with Crippen molar-refractivity contribution in [1.82, 2.24) is 0 Å². The van der Waals surface area contributed by atoms with Crippen molar-refractivity contribution in [3.8, 4) is 0 Å². The van der Waals surface area contributed by atoms with Crippen LogP contribution >= 0.6 is 0 Å². The minimum absolute atomic E-state index is 0.109. The third-order valence-corrected chi connectivity index (χ3v) is 4.97. The van der Waals surface area contributed by atoms with Crippen LogP contribution in [-0.4, -0.2) is 11.6 Å². The molecule has 0 aliphatic heterocycles. The molecule has 2 saturated carbocycles. The first kappa shape index (κ1) is 11.8. The van der Waals surface area contributed by atoms with E-state index >= 15 is 0 Å². The van der Waals surface area contributed by atoms with Gasteiger partial charge in [-0.25, -0.2) is 0 Å². The Kier molecular flexibility index (Phi) is 2.93. The summed E-state index contributed by atoms with van der Waals surface area (Å²) in [4.78, 5) is 23.6. The second kappa shape index (κ2) is 3.97. The summed E-state index contributed by atoms with van der Waals surface area (Å²) >= 11 is 0. The molecule has 4 atom stereocenters. The van der Waals surface area contributed by atoms with E-state index < -0.39 is 0 Å². The average Bonchev–Trinajstić information content (AvgIpc) is 2.46. The van der Waals surface area contributed by atoms with Gasteiger partial charge in [-0.3, -0.25) is 9.59 Å². The van der Waals surface area contributed by atoms with Gasteiger partial charge in [-0.2, -0.15) is 0 Å². The van der Waals surface area contributed by atoms with Gasteiger partial charge in [0.25, 0.3) is 0 Å². The van der Waals surface area contributed by atoms with Crippen molar-refractivity contribution in [2.24, 2.45) is 23.2 Å². The van der Waals surface area contributed by atoms with Gasteiger partial charge in [-0.1, -0.05) is 13.8 Å². The van der Waals surface area contributed by atoms with Gasteiger partial charge in [0.05, 0.1) is 0 Å². The molecule has 0 aromatic rings. The van der Waals surface area contributed by atoms with Crippen molar-refractivity contribution < 1.29 is 9.59 Å². The topological polar surface area (TPSA) is 34.1 Å². The molecule has 1 unspecified atom stereocenters. The molecule has 2 heteroatoms. The monoisotopic (exact) mass is 222 g/mol. The molecule has 0 aromatic carbocycles. The lowest BCUT2D eigenvalue weighted by atomic mass is 9.73. The number of ketones is 2. The third-order valence-electron chi connectivity index (χ3n) is 4.97. The molecule has 0 amide bonds. The van der Waals surface area contributed by atoms with Crippen LogP contribution in [0.2, 0.25) is 0 Å². The Balaban J connectivity index is 2.24. The Morgan fingerprint density at radius 1 is 1.31 bits per heavy atom. The van der Waals surface area contributed by atoms with E-state index in [1.807, 2.05) is 6.92 Å². The highest BCUT2D eigenvalue weighted by Gasteiger charge is 2.49. The summed E-state index contributed by atoms with van der Waals surface area (Å²) in [6, 6.07) is 0. The predicted molar refractivity (Wildman–Crippen MR) is 63.0 cm³/mol. The first-order valence-electron chi connectivity index (χ1n) is 6.47. The van der Waals surface area contributed by atoms with Crippen LogP contribution in [0, 0.1) is 23.2 Å². The molecule has 2 fully saturated rings. The third kappa shape index (κ3) is 1.83. The largest absolute Gasteiger partial charge is 0.300 e. The zero-order valence-corrected chi connectivity index (χ0v) is 10.6. The highest BCUT2D eigenvalue weighted by molar-refractivity contribution is 5.83. The molecular weight excluding hydrogens is 200 g/mol. The molecule has 0 spiro atoms. The zero-order chi connectivity index (χ0) is 11.9. The van der Waals surface area contributed by atoms with E-state index in [0.29, 0.717) is 23.9 Å². The van der Waals surface area contributed by atoms with Crippen molar-refractivity contribution in [3.63, 3.8) is 0 Å². The fourth-order valence-electron chi connectivity index (χ4n) is 3.78. The molecule has 16 heavy (non-hydrogen) atoms. The fraction of sp³-hybridized carbons (Fsp3) is 0.857. The lowest BCUT2D eigenvalue weighted by Gasteiger charge is -2.31. The molecule has 2 rings (SSSR count). The Morgan fingerprint density at radius 2 is 2.00 bits per heavy atom. The molecule has 0 heterocycles. The summed E-state index contributed by atoms with van der Waals surface area (Å²) in [5.41, 5.74) is 0.109. The number of Topliss-reactive ketones (excluding diaryl/α,β-unsaturated/α-hetero) is 2. The molecule has 0 aromatic heterocycles. The summed E-state index contributed by atoms with van der Waals surface area (Å²) < 4.78 is 0. The summed E-state index contributed by atoms with van der Waals surface area (Å²) in [7, 11) is 0. The number of carbonyl (C=O) groups is 2. The van der Waals surface area contributed by atoms with E-state index in [9.17, 15) is 9.59 Å². The van der Waals surface area contributed by atoms with Crippen molar-refractivity contribution in [2.75, 3.05) is 0 Å². The minimum Gasteiger partial charge on any atom is -0.300 e. The molecular formula is C14H22O2. The van der Waals surface area contributed by atoms with E-state index in [4.69, 9.17) is 0 Å². The van der Waals surface area contributed by atoms with Gasteiger partial charge in [0, 0.05) is 18.3 Å². The predicted octanol–water partition coefficient (Wildman–Crippen LogP) is 3.00. The van der Waals surface area contributed by atoms with E-state index in [0.717, 1.165) is 25.7 Å². The maximum absolute atomic E-state index is 12.0. The van der Waals surface area contributed by atoms with Crippen LogP contribution in [-0.2, 0) is 9.59 Å². The normalized spacial score (nSPS) is 43.9. The van der Waals surface area contributed by atoms with Crippen LogP contribution in [0.1, 0.15) is 52.9 Å². The molecule has 2 aliphatic rings. The van der Waals surface area contributed by atoms with Crippen molar-refractivity contribution in [1.29, 1.82) is 0 Å². The summed E-state index contributed by atoms with van der Waals surface area (Å²) in [6.45, 7) is 5.97. The van der Waals surface area contributed by atoms with Crippen LogP contribution < -0.4 is 0 Å². The first-order chi connectivity index (χ1) is 7.44. The van der Waals surface area contributed by atoms with E-state index in [1.165, 1.54) is 0 Å². The second-order valence-electron chi connectivity index (χ2n) is 6.14. The molecule has 0 radical (unpaired) electrons. The van der Waals surface area contributed by atoms with Crippen LogP contribution in [0.5, 0.6) is 0 Å². The van der Waals surface area contributed by atoms with Gasteiger partial charge >= 0.3 is 0 Å². The number of carbonyl (C=O) groups excluding carboxylic acids is 2. The van der Waals surface area contributed by atoms with Gasteiger partial charge in [0.15, 0.2) is 0 Å². The number of hydrogen-bond donors (Lipinski definition) is 0. The van der Waals surface area contributed by atoms with Gasteiger partial charge in [0.1, 0.15) is 11.6 Å². The fourth-order valence-corrected chi connectivity index (χ4v) is 3.78. The number of hydrogen-bond acceptors (Lipinski definition) is 2. The van der Waals surface area contributed by atoms with E-state index in [2.05, 4.69) is 6.92 Å². The molecule has 0 saturated heterocycles. The molecule has 0 N–H and O–H groups in total. The lowest BCUT2D eigenvalue weighted by Crippen LogP contribution is -2.28. The quantitative estimate of drug-likeness (QED) is 0.683. The van der Waals surface area contributed by atoms with E-state index in [-0.39, 0.29) is 17.3 Å². The van der Waals surface area contributed by atoms with Crippen molar-refractivity contribution >= 4 is 11.6 Å². The SMILES string of the molecule is CC(=O)[C@@H]1CC[C@]2(C)CC(=O)C(C)CC[C@@H]12. The first-order valence-corrected chi connectivity index (χ1v) is 6.47. The molecule has 0 bridgehead atoms. The van der Waals surface area contributed by atoms with Gasteiger partial charge < -0.3 is 0 Å². The Bertz CT molecular complexity index is 321. The minimum atomic E-state index is 0.109. The molecule has 90 valence electrons. The standard InChI is InChI=1S/C14H22O2/c1-9-4-5-12-11(10(2)15)6-7-14(12,3)8-13(9)16/h9,11-12H,4-8H2,1-3H3/t9?,11-,12-,14+/m0/s1. The van der Waals surface area contributed by atoms with Crippen LogP contribution in [0.4, 0.5) is 0 Å². The van der Waals surface area contributed by atoms with Gasteiger partial charge in [-0.05, 0) is 43.9 Å². The van der Waals surface area contributed by atoms with E-state index in [1.54, 1.807) is 6.92 Å². The average molecular weight is 222 g/mol. The highest BCUT2D eigenvalue weighted by atomic mass is 16.1. The van der Waals surface area contributed by atoms with Gasteiger partial charge in [-0.15, -0.1) is 0 Å². The van der Waals surface area contributed by atoms with Crippen LogP contribution in [0.15, 0.2) is 0 Å². The molecule has 2 aliphatic carbocycles. The van der Waals surface area contributed by atoms with Crippen molar-refractivity contribution in [3.05, 3.63) is 0 Å². The molecule has 2 nitrogen and oxygen atoms in total. The summed E-state index contributed by atoms with van der Waals surface area (Å²) in [6.07, 6.45) is 4.79.